The fraction of sp³-hybridized carbons (Fsp3) is 1.00. The van der Waals surface area contributed by atoms with E-state index in [2.05, 4.69) is 63.2 Å². The van der Waals surface area contributed by atoms with E-state index in [-0.39, 0.29) is 28.3 Å². The molecular formula is C24H56Al2N2. The van der Waals surface area contributed by atoms with Gasteiger partial charge in [0, 0.05) is 0 Å². The molecule has 0 rings (SSSR count). The zero-order valence-electron chi connectivity index (χ0n) is 21.4. The Morgan fingerprint density at radius 1 is 0.571 bits per heavy atom. The number of rotatable bonds is 18. The highest BCUT2D eigenvalue weighted by molar-refractivity contribution is 6.58. The van der Waals surface area contributed by atoms with Crippen molar-refractivity contribution in [2.24, 2.45) is 0 Å². The van der Waals surface area contributed by atoms with Gasteiger partial charge in [0.05, 0.1) is 0 Å². The van der Waals surface area contributed by atoms with Crippen molar-refractivity contribution in [3.63, 3.8) is 0 Å². The molecule has 28 heavy (non-hydrogen) atoms. The third kappa shape index (κ3) is 25.0. The van der Waals surface area contributed by atoms with Gasteiger partial charge in [-0.25, -0.2) is 0 Å². The molecule has 2 nitrogen and oxygen atoms in total. The molecule has 168 valence electrons. The maximum Gasteiger partial charge on any atom is 0.261 e. The third-order valence-corrected chi connectivity index (χ3v) is 11.0. The molecule has 0 atom stereocenters. The van der Waals surface area contributed by atoms with E-state index in [1.807, 2.05) is 0 Å². The first-order valence-electron chi connectivity index (χ1n) is 12.8. The summed E-state index contributed by atoms with van der Waals surface area (Å²) in [6, 6.07) is 0. The van der Waals surface area contributed by atoms with Gasteiger partial charge in [0.15, 0.2) is 0 Å². The Labute approximate surface area is 189 Å². The lowest BCUT2D eigenvalue weighted by atomic mass is 10.3. The molecule has 0 saturated heterocycles. The summed E-state index contributed by atoms with van der Waals surface area (Å²) in [5.74, 6) is 4.88. The Morgan fingerprint density at radius 3 is 1.46 bits per heavy atom. The minimum absolute atomic E-state index is 0.270. The molecule has 0 N–H and O–H groups in total. The molecule has 0 bridgehead atoms. The largest absolute Gasteiger partial charge is 0.309 e. The van der Waals surface area contributed by atoms with Crippen molar-refractivity contribution >= 4 is 28.3 Å². The van der Waals surface area contributed by atoms with E-state index in [0.29, 0.717) is 0 Å². The highest BCUT2D eigenvalue weighted by Gasteiger charge is 2.14. The zero-order chi connectivity index (χ0) is 21.6. The minimum Gasteiger partial charge on any atom is -0.309 e. The van der Waals surface area contributed by atoms with Crippen LogP contribution in [0.1, 0.15) is 79.1 Å². The molecule has 0 aliphatic heterocycles. The van der Waals surface area contributed by atoms with Crippen molar-refractivity contribution in [3.8, 4) is 0 Å². The zero-order valence-corrected chi connectivity index (χ0v) is 23.7. The normalized spacial score (nSPS) is 10.9. The van der Waals surface area contributed by atoms with Crippen LogP contribution < -0.4 is 0 Å². The van der Waals surface area contributed by atoms with Gasteiger partial charge in [-0.15, -0.1) is 11.6 Å². The Balaban J connectivity index is 0. The van der Waals surface area contributed by atoms with Gasteiger partial charge in [0.25, 0.3) is 28.3 Å². The van der Waals surface area contributed by atoms with Crippen LogP contribution in [-0.2, 0) is 0 Å². The minimum atomic E-state index is -0.351. The Hall–Kier alpha value is 0.985. The average molecular weight is 427 g/mol. The van der Waals surface area contributed by atoms with Gasteiger partial charge in [-0.05, 0) is 53.1 Å². The first-order valence-corrected chi connectivity index (χ1v) is 18.4. The topological polar surface area (TPSA) is 6.48 Å². The van der Waals surface area contributed by atoms with E-state index >= 15 is 0 Å². The lowest BCUT2D eigenvalue weighted by molar-refractivity contribution is 0.298. The van der Waals surface area contributed by atoms with Crippen LogP contribution in [0.3, 0.4) is 0 Å². The number of hydrogen-bond donors (Lipinski definition) is 0. The fourth-order valence-corrected chi connectivity index (χ4v) is 8.52. The maximum absolute atomic E-state index is 2.52. The van der Waals surface area contributed by atoms with Crippen molar-refractivity contribution in [1.82, 2.24) is 9.80 Å². The summed E-state index contributed by atoms with van der Waals surface area (Å²) >= 11 is -0.620. The van der Waals surface area contributed by atoms with Crippen LogP contribution in [0.2, 0.25) is 32.7 Å². The van der Waals surface area contributed by atoms with Gasteiger partial charge in [-0.1, -0.05) is 87.4 Å². The Bertz CT molecular complexity index is 274. The molecule has 0 heterocycles. The van der Waals surface area contributed by atoms with Crippen LogP contribution in [0.15, 0.2) is 0 Å². The van der Waals surface area contributed by atoms with Crippen molar-refractivity contribution in [2.45, 2.75) is 112 Å². The lowest BCUT2D eigenvalue weighted by Crippen LogP contribution is -2.24. The molecule has 0 amide bonds. The van der Waals surface area contributed by atoms with Crippen LogP contribution in [0.25, 0.3) is 0 Å². The van der Waals surface area contributed by atoms with E-state index in [1.54, 1.807) is 15.8 Å². The van der Waals surface area contributed by atoms with E-state index in [0.717, 1.165) is 0 Å². The van der Waals surface area contributed by atoms with Crippen LogP contribution in [0, 0.1) is 0 Å². The van der Waals surface area contributed by atoms with E-state index in [9.17, 15) is 0 Å². The summed E-state index contributed by atoms with van der Waals surface area (Å²) in [6.07, 6.45) is 11.5. The summed E-state index contributed by atoms with van der Waals surface area (Å²) in [5.41, 5.74) is 0. The van der Waals surface area contributed by atoms with E-state index in [1.165, 1.54) is 82.8 Å². The molecule has 0 radical (unpaired) electrons. The maximum atomic E-state index is 2.52. The monoisotopic (exact) mass is 426 g/mol. The van der Waals surface area contributed by atoms with Crippen LogP contribution in [0.4, 0.5) is 0 Å². The summed E-state index contributed by atoms with van der Waals surface area (Å²) in [7, 11) is 4.37. The summed E-state index contributed by atoms with van der Waals surface area (Å²) in [4.78, 5) is 4.83. The molecule has 0 spiro atoms. The molecule has 0 aromatic carbocycles. The first-order chi connectivity index (χ1) is 13.4. The molecule has 0 aliphatic rings. The van der Waals surface area contributed by atoms with Gasteiger partial charge >= 0.3 is 0 Å². The van der Waals surface area contributed by atoms with Crippen molar-refractivity contribution < 1.29 is 0 Å². The quantitative estimate of drug-likeness (QED) is 0.168. The van der Waals surface area contributed by atoms with Gasteiger partial charge in [0.1, 0.15) is 0 Å². The van der Waals surface area contributed by atoms with Gasteiger partial charge in [0.2, 0.25) is 0 Å². The highest BCUT2D eigenvalue weighted by atomic mass is 27.2. The van der Waals surface area contributed by atoms with E-state index in [4.69, 9.17) is 0 Å². The van der Waals surface area contributed by atoms with E-state index < -0.39 is 0 Å². The average Bonchev–Trinajstić information content (AvgIpc) is 2.67. The molecule has 0 aromatic rings. The smallest absolute Gasteiger partial charge is 0.261 e. The summed E-state index contributed by atoms with van der Waals surface area (Å²) in [5, 5.41) is 6.35. The molecule has 0 fully saturated rings. The molecule has 0 aliphatic carbocycles. The standard InChI is InChI=1S/C8H18N.C6H14N.2C4H9.2CH3.2Al/c1-4-7-8-9(5-2)6-3;1-4-5-6-7(2)3;2*1-3-4-2;;;;/h1,4-8H2,2-3H3;1,4-6H2,2-3H3;2*1,3-4H2,2H3;2*1H3;;. The fourth-order valence-electron chi connectivity index (χ4n) is 3.71. The van der Waals surface area contributed by atoms with Crippen molar-refractivity contribution in [1.29, 1.82) is 0 Å². The van der Waals surface area contributed by atoms with Crippen LogP contribution in [0.5, 0.6) is 0 Å². The molecule has 4 heteroatoms. The van der Waals surface area contributed by atoms with Gasteiger partial charge < -0.3 is 9.80 Å². The number of unbranched alkanes of at least 4 members (excludes halogenated alkanes) is 4. The Kier molecular flexibility index (Phi) is 27.0. The predicted octanol–water partition coefficient (Wildman–Crippen LogP) is 7.29. The van der Waals surface area contributed by atoms with Crippen LogP contribution >= 0.6 is 0 Å². The molecule has 0 aromatic heterocycles. The molecule has 0 saturated carbocycles. The van der Waals surface area contributed by atoms with Gasteiger partial charge in [-0.3, -0.25) is 0 Å². The van der Waals surface area contributed by atoms with Crippen LogP contribution in [-0.4, -0.2) is 78.4 Å². The second-order valence-corrected chi connectivity index (χ2v) is 16.2. The second-order valence-electron chi connectivity index (χ2n) is 9.37. The first kappa shape index (κ1) is 31.2. The lowest BCUT2D eigenvalue weighted by Gasteiger charge is -2.17. The summed E-state index contributed by atoms with van der Waals surface area (Å²) in [6.45, 7) is 14.2. The van der Waals surface area contributed by atoms with Crippen molar-refractivity contribution in [3.05, 3.63) is 0 Å². The van der Waals surface area contributed by atoms with Gasteiger partial charge in [-0.2, -0.15) is 0 Å². The van der Waals surface area contributed by atoms with Crippen molar-refractivity contribution in [2.75, 3.05) is 40.3 Å². The Morgan fingerprint density at radius 2 is 1.04 bits per heavy atom. The highest BCUT2D eigenvalue weighted by Crippen LogP contribution is 2.16. The second kappa shape index (κ2) is 24.3. The number of hydrogen-bond acceptors (Lipinski definition) is 2. The molecule has 0 unspecified atom stereocenters. The predicted molar refractivity (Wildman–Crippen MR) is 137 cm³/mol. The number of nitrogens with zero attached hydrogens (tertiary/aromatic N) is 2. The SMILES string of the molecule is CCC[CH2][Al]([CH2]CCC)[CH2]CCCN(C)C.CCN(CC)CCC[CH2][Al]([CH3])[CH3]. The summed E-state index contributed by atoms with van der Waals surface area (Å²) < 4.78 is 0. The molecular weight excluding hydrogens is 370 g/mol. The third-order valence-electron chi connectivity index (χ3n) is 5.80.